The van der Waals surface area contributed by atoms with Gasteiger partial charge in [0, 0.05) is 12.1 Å². The Labute approximate surface area is 112 Å². The van der Waals surface area contributed by atoms with Gasteiger partial charge in [-0.1, -0.05) is 26.7 Å². The fraction of sp³-hybridized carbons (Fsp3) is 0.933. The summed E-state index contributed by atoms with van der Waals surface area (Å²) in [5.41, 5.74) is -0.128. The zero-order chi connectivity index (χ0) is 13.8. The minimum absolute atomic E-state index is 0.0898. The monoisotopic (exact) mass is 254 g/mol. The summed E-state index contributed by atoms with van der Waals surface area (Å²) in [4.78, 5) is 14.7. The smallest absolute Gasteiger partial charge is 0.237 e. The standard InChI is InChI=1S/C15H30N2O/c1-6-12(2)11-17-10-8-7-9-13(17)14(18)16-15(3,4)5/h12-13H,6-11H2,1-5H3,(H,16,18)/t12-,13-/m0/s1. The zero-order valence-corrected chi connectivity index (χ0v) is 12.8. The first-order valence-corrected chi connectivity index (χ1v) is 7.39. The fourth-order valence-electron chi connectivity index (χ4n) is 2.49. The molecule has 18 heavy (non-hydrogen) atoms. The largest absolute Gasteiger partial charge is 0.350 e. The molecule has 0 unspecified atom stereocenters. The van der Waals surface area contributed by atoms with Crippen LogP contribution in [0.1, 0.15) is 60.3 Å². The Bertz CT molecular complexity index is 270. The highest BCUT2D eigenvalue weighted by molar-refractivity contribution is 5.82. The minimum Gasteiger partial charge on any atom is -0.350 e. The maximum absolute atomic E-state index is 12.3. The summed E-state index contributed by atoms with van der Waals surface area (Å²) in [5, 5.41) is 3.13. The van der Waals surface area contributed by atoms with Crippen molar-refractivity contribution in [1.82, 2.24) is 10.2 Å². The summed E-state index contributed by atoms with van der Waals surface area (Å²) < 4.78 is 0. The molecule has 0 aromatic carbocycles. The van der Waals surface area contributed by atoms with E-state index in [4.69, 9.17) is 0 Å². The number of hydrogen-bond acceptors (Lipinski definition) is 2. The van der Waals surface area contributed by atoms with Gasteiger partial charge in [-0.05, 0) is 46.1 Å². The third-order valence-electron chi connectivity index (χ3n) is 3.66. The Morgan fingerprint density at radius 3 is 2.61 bits per heavy atom. The third-order valence-corrected chi connectivity index (χ3v) is 3.66. The number of amides is 1. The summed E-state index contributed by atoms with van der Waals surface area (Å²) >= 11 is 0. The Morgan fingerprint density at radius 1 is 1.39 bits per heavy atom. The van der Waals surface area contributed by atoms with Gasteiger partial charge in [0.25, 0.3) is 0 Å². The highest BCUT2D eigenvalue weighted by Gasteiger charge is 2.30. The maximum Gasteiger partial charge on any atom is 0.237 e. The van der Waals surface area contributed by atoms with Gasteiger partial charge in [0.1, 0.15) is 0 Å². The summed E-state index contributed by atoms with van der Waals surface area (Å²) in [5.74, 6) is 0.888. The predicted octanol–water partition coefficient (Wildman–Crippen LogP) is 2.80. The normalized spacial score (nSPS) is 23.7. The first-order chi connectivity index (χ1) is 8.33. The molecule has 1 N–H and O–H groups in total. The van der Waals surface area contributed by atoms with E-state index >= 15 is 0 Å². The van der Waals surface area contributed by atoms with Gasteiger partial charge in [0.2, 0.25) is 5.91 Å². The molecule has 106 valence electrons. The highest BCUT2D eigenvalue weighted by Crippen LogP contribution is 2.20. The second kappa shape index (κ2) is 6.55. The average molecular weight is 254 g/mol. The van der Waals surface area contributed by atoms with E-state index in [0.29, 0.717) is 5.92 Å². The van der Waals surface area contributed by atoms with Crippen LogP contribution < -0.4 is 5.32 Å². The van der Waals surface area contributed by atoms with E-state index in [9.17, 15) is 4.79 Å². The van der Waals surface area contributed by atoms with Crippen LogP contribution in [0, 0.1) is 5.92 Å². The third kappa shape index (κ3) is 4.97. The summed E-state index contributed by atoms with van der Waals surface area (Å²) in [6, 6.07) is 0.0898. The predicted molar refractivity (Wildman–Crippen MR) is 76.6 cm³/mol. The van der Waals surface area contributed by atoms with Crippen LogP contribution in [0.5, 0.6) is 0 Å². The average Bonchev–Trinajstić information content (AvgIpc) is 2.27. The molecule has 1 aliphatic rings. The molecule has 1 fully saturated rings. The molecule has 0 saturated carbocycles. The molecule has 0 aromatic rings. The molecule has 0 radical (unpaired) electrons. The van der Waals surface area contributed by atoms with Gasteiger partial charge in [-0.15, -0.1) is 0 Å². The number of hydrogen-bond donors (Lipinski definition) is 1. The quantitative estimate of drug-likeness (QED) is 0.836. The Hall–Kier alpha value is -0.570. The summed E-state index contributed by atoms with van der Waals surface area (Å²) in [6.45, 7) is 12.8. The Kier molecular flexibility index (Phi) is 5.64. The molecule has 1 amide bonds. The van der Waals surface area contributed by atoms with Gasteiger partial charge in [0.15, 0.2) is 0 Å². The number of carbonyl (C=O) groups excluding carboxylic acids is 1. The van der Waals surface area contributed by atoms with Gasteiger partial charge in [-0.3, -0.25) is 9.69 Å². The maximum atomic E-state index is 12.3. The number of piperidine rings is 1. The number of rotatable bonds is 4. The molecular formula is C15H30N2O. The van der Waals surface area contributed by atoms with E-state index < -0.39 is 0 Å². The van der Waals surface area contributed by atoms with Gasteiger partial charge in [0.05, 0.1) is 6.04 Å². The molecule has 0 spiro atoms. The van der Waals surface area contributed by atoms with Crippen LogP contribution in [0.3, 0.4) is 0 Å². The SMILES string of the molecule is CC[C@H](C)CN1CCCC[C@H]1C(=O)NC(C)(C)C. The lowest BCUT2D eigenvalue weighted by molar-refractivity contribution is -0.129. The number of nitrogens with one attached hydrogen (secondary N) is 1. The van der Waals surface area contributed by atoms with E-state index in [0.717, 1.165) is 19.5 Å². The highest BCUT2D eigenvalue weighted by atomic mass is 16.2. The molecule has 1 heterocycles. The van der Waals surface area contributed by atoms with E-state index in [1.807, 2.05) is 20.8 Å². The number of likely N-dealkylation sites (tertiary alicyclic amines) is 1. The molecule has 1 rings (SSSR count). The van der Waals surface area contributed by atoms with Gasteiger partial charge in [-0.2, -0.15) is 0 Å². The van der Waals surface area contributed by atoms with Crippen molar-refractivity contribution < 1.29 is 4.79 Å². The van der Waals surface area contributed by atoms with Crippen LogP contribution in [0.4, 0.5) is 0 Å². The van der Waals surface area contributed by atoms with Crippen molar-refractivity contribution in [3.63, 3.8) is 0 Å². The van der Waals surface area contributed by atoms with Crippen LogP contribution >= 0.6 is 0 Å². The zero-order valence-electron chi connectivity index (χ0n) is 12.8. The number of carbonyl (C=O) groups is 1. The molecule has 2 atom stereocenters. The Balaban J connectivity index is 2.61. The van der Waals surface area contributed by atoms with Crippen molar-refractivity contribution in [1.29, 1.82) is 0 Å². The van der Waals surface area contributed by atoms with Crippen molar-refractivity contribution >= 4 is 5.91 Å². The summed E-state index contributed by atoms with van der Waals surface area (Å²) in [6.07, 6.45) is 4.61. The van der Waals surface area contributed by atoms with Crippen molar-refractivity contribution in [2.45, 2.75) is 71.9 Å². The van der Waals surface area contributed by atoms with Crippen LogP contribution in [0.2, 0.25) is 0 Å². The van der Waals surface area contributed by atoms with E-state index in [1.54, 1.807) is 0 Å². The second-order valence-electron chi connectivity index (χ2n) is 6.76. The molecule has 3 nitrogen and oxygen atoms in total. The van der Waals surface area contributed by atoms with Crippen molar-refractivity contribution in [3.05, 3.63) is 0 Å². The van der Waals surface area contributed by atoms with Crippen molar-refractivity contribution in [2.24, 2.45) is 5.92 Å². The molecular weight excluding hydrogens is 224 g/mol. The molecule has 0 bridgehead atoms. The Morgan fingerprint density at radius 2 is 2.06 bits per heavy atom. The second-order valence-corrected chi connectivity index (χ2v) is 6.76. The lowest BCUT2D eigenvalue weighted by Gasteiger charge is -2.37. The fourth-order valence-corrected chi connectivity index (χ4v) is 2.49. The molecule has 0 aromatic heterocycles. The van der Waals surface area contributed by atoms with E-state index in [1.165, 1.54) is 19.3 Å². The van der Waals surface area contributed by atoms with Crippen LogP contribution in [-0.2, 0) is 4.79 Å². The molecule has 1 aliphatic heterocycles. The van der Waals surface area contributed by atoms with Crippen molar-refractivity contribution in [2.75, 3.05) is 13.1 Å². The van der Waals surface area contributed by atoms with Crippen LogP contribution in [0.15, 0.2) is 0 Å². The molecule has 1 saturated heterocycles. The topological polar surface area (TPSA) is 32.3 Å². The first kappa shape index (κ1) is 15.5. The number of nitrogens with zero attached hydrogens (tertiary/aromatic N) is 1. The van der Waals surface area contributed by atoms with Gasteiger partial charge < -0.3 is 5.32 Å². The van der Waals surface area contributed by atoms with Crippen LogP contribution in [0.25, 0.3) is 0 Å². The minimum atomic E-state index is -0.128. The molecule has 3 heteroatoms. The lowest BCUT2D eigenvalue weighted by Crippen LogP contribution is -2.54. The molecule has 0 aliphatic carbocycles. The van der Waals surface area contributed by atoms with Crippen molar-refractivity contribution in [3.8, 4) is 0 Å². The first-order valence-electron chi connectivity index (χ1n) is 7.39. The van der Waals surface area contributed by atoms with Gasteiger partial charge in [-0.25, -0.2) is 0 Å². The van der Waals surface area contributed by atoms with E-state index in [-0.39, 0.29) is 17.5 Å². The lowest BCUT2D eigenvalue weighted by atomic mass is 9.97. The van der Waals surface area contributed by atoms with Crippen LogP contribution in [-0.4, -0.2) is 35.5 Å². The summed E-state index contributed by atoms with van der Waals surface area (Å²) in [7, 11) is 0. The van der Waals surface area contributed by atoms with E-state index in [2.05, 4.69) is 24.1 Å². The van der Waals surface area contributed by atoms with Gasteiger partial charge >= 0.3 is 0 Å².